The number of nitrogens with one attached hydrogen (secondary N) is 1. The number of fused-ring (bicyclic) bond motifs is 1. The fraction of sp³-hybridized carbons (Fsp3) is 0.423. The summed E-state index contributed by atoms with van der Waals surface area (Å²) >= 11 is 1.81. The topological polar surface area (TPSA) is 70.6 Å². The Labute approximate surface area is 215 Å². The Bertz CT molecular complexity index is 1090. The number of benzene rings is 1. The summed E-state index contributed by atoms with van der Waals surface area (Å²) in [7, 11) is 2.93. The summed E-state index contributed by atoms with van der Waals surface area (Å²) < 4.78 is 6.41. The molecule has 3 heterocycles. The molecule has 1 unspecified atom stereocenters. The monoisotopic (exact) mass is 509 g/mol. The minimum Gasteiger partial charge on any atom is -0.495 e. The zero-order chi connectivity index (χ0) is 24.8. The van der Waals surface area contributed by atoms with Crippen LogP contribution in [0.1, 0.15) is 47.0 Å². The van der Waals surface area contributed by atoms with Crippen molar-refractivity contribution in [1.82, 2.24) is 20.2 Å². The Morgan fingerprint density at radius 3 is 2.69 bits per heavy atom. The average molecular weight is 510 g/mol. The van der Waals surface area contributed by atoms with Crippen LogP contribution in [0.25, 0.3) is 0 Å². The van der Waals surface area contributed by atoms with Crippen molar-refractivity contribution >= 4 is 33.3 Å². The molecule has 9 heteroatoms. The summed E-state index contributed by atoms with van der Waals surface area (Å²) in [5, 5.41) is 5.41. The van der Waals surface area contributed by atoms with E-state index in [0.29, 0.717) is 24.6 Å². The van der Waals surface area contributed by atoms with Gasteiger partial charge in [-0.2, -0.15) is 0 Å². The fourth-order valence-corrected chi connectivity index (χ4v) is 6.73. The van der Waals surface area contributed by atoms with Gasteiger partial charge in [-0.1, -0.05) is 18.2 Å². The molecule has 0 spiro atoms. The number of aromatic nitrogens is 2. The highest BCUT2D eigenvalue weighted by molar-refractivity contribution is 7.10. The van der Waals surface area contributed by atoms with Crippen LogP contribution < -0.4 is 15.0 Å². The molecule has 4 rings (SSSR count). The van der Waals surface area contributed by atoms with E-state index in [2.05, 4.69) is 63.7 Å². The van der Waals surface area contributed by atoms with E-state index < -0.39 is 0 Å². The standard InChI is InChI=1S/C26H35N5O2SSi/c1-18(2)31-13-12-30(25(32)22-15-28-17-29-24(22)31)16-19-6-8-20(9-7-19)33-26(35)21(10-11-27-3)23-5-4-14-34-23/h4-9,14-15,17-18,21,26-27H,10-13,16H2,1-3,35H3/t21-,26?/m0/s1. The van der Waals surface area contributed by atoms with E-state index in [4.69, 9.17) is 4.74 Å². The Morgan fingerprint density at radius 1 is 1.20 bits per heavy atom. The molecule has 3 aromatic rings. The van der Waals surface area contributed by atoms with Crippen molar-refractivity contribution in [1.29, 1.82) is 0 Å². The van der Waals surface area contributed by atoms with E-state index in [0.717, 1.165) is 46.9 Å². The van der Waals surface area contributed by atoms with Crippen LogP contribution in [0.4, 0.5) is 5.82 Å². The minimum atomic E-state index is -0.0213. The van der Waals surface area contributed by atoms with Gasteiger partial charge in [0.1, 0.15) is 23.5 Å². The summed E-state index contributed by atoms with van der Waals surface area (Å²) in [6, 6.07) is 12.8. The highest BCUT2D eigenvalue weighted by atomic mass is 32.1. The molecule has 1 aromatic carbocycles. The number of thiophene rings is 1. The SMILES string of the molecule is CNCC[C@@H](c1cccs1)C([SiH3])Oc1ccc(CN2CCN(C(C)C)c3ncncc3C2=O)cc1. The van der Waals surface area contributed by atoms with E-state index in [-0.39, 0.29) is 17.7 Å². The van der Waals surface area contributed by atoms with Gasteiger partial charge in [-0.3, -0.25) is 4.79 Å². The van der Waals surface area contributed by atoms with Gasteiger partial charge in [0.2, 0.25) is 0 Å². The highest BCUT2D eigenvalue weighted by Crippen LogP contribution is 2.29. The number of carbonyl (C=O) groups excluding carboxylic acids is 1. The summed E-state index contributed by atoms with van der Waals surface area (Å²) in [6.07, 6.45) is 4.21. The maximum atomic E-state index is 13.3. The lowest BCUT2D eigenvalue weighted by molar-refractivity contribution is 0.0754. The van der Waals surface area contributed by atoms with Crippen molar-refractivity contribution in [3.63, 3.8) is 0 Å². The Morgan fingerprint density at radius 2 is 2.00 bits per heavy atom. The lowest BCUT2D eigenvalue weighted by Crippen LogP contribution is -2.37. The van der Waals surface area contributed by atoms with Gasteiger partial charge in [0, 0.05) is 42.7 Å². The maximum Gasteiger partial charge on any atom is 0.259 e. The number of amides is 1. The third-order valence-corrected chi connectivity index (χ3v) is 8.56. The van der Waals surface area contributed by atoms with Crippen molar-refractivity contribution in [3.05, 3.63) is 70.3 Å². The molecule has 0 saturated carbocycles. The lowest BCUT2D eigenvalue weighted by Gasteiger charge is -2.27. The molecular weight excluding hydrogens is 474 g/mol. The molecule has 1 N–H and O–H groups in total. The van der Waals surface area contributed by atoms with Crippen LogP contribution in [0.2, 0.25) is 0 Å². The van der Waals surface area contributed by atoms with Crippen molar-refractivity contribution < 1.29 is 9.53 Å². The van der Waals surface area contributed by atoms with Gasteiger partial charge in [0.05, 0.1) is 16.0 Å². The summed E-state index contributed by atoms with van der Waals surface area (Å²) in [5.74, 6) is 1.98. The van der Waals surface area contributed by atoms with E-state index in [9.17, 15) is 4.79 Å². The van der Waals surface area contributed by atoms with E-state index in [1.807, 2.05) is 24.1 Å². The lowest BCUT2D eigenvalue weighted by atomic mass is 10.0. The first kappa shape index (κ1) is 25.3. The molecule has 1 aliphatic heterocycles. The van der Waals surface area contributed by atoms with Crippen LogP contribution in [0.3, 0.4) is 0 Å². The zero-order valence-electron chi connectivity index (χ0n) is 21.0. The number of rotatable bonds is 10. The van der Waals surface area contributed by atoms with Crippen LogP contribution in [0, 0.1) is 0 Å². The first-order chi connectivity index (χ1) is 17.0. The maximum absolute atomic E-state index is 13.3. The molecule has 2 atom stereocenters. The molecular formula is C26H35N5O2SSi. The first-order valence-corrected chi connectivity index (χ1v) is 14.3. The smallest absolute Gasteiger partial charge is 0.259 e. The molecule has 0 bridgehead atoms. The molecule has 0 radical (unpaired) electrons. The summed E-state index contributed by atoms with van der Waals surface area (Å²) in [5.41, 5.74) is 1.84. The quantitative estimate of drug-likeness (QED) is 0.424. The van der Waals surface area contributed by atoms with Gasteiger partial charge < -0.3 is 19.9 Å². The van der Waals surface area contributed by atoms with Crippen LogP contribution in [-0.2, 0) is 6.54 Å². The van der Waals surface area contributed by atoms with Crippen molar-refractivity contribution in [2.45, 2.75) is 44.5 Å². The summed E-state index contributed by atoms with van der Waals surface area (Å²) in [4.78, 5) is 27.3. The predicted octanol–water partition coefficient (Wildman–Crippen LogP) is 2.87. The van der Waals surface area contributed by atoms with Crippen molar-refractivity contribution in [2.75, 3.05) is 31.6 Å². The molecule has 1 amide bonds. The Hall–Kier alpha value is -2.75. The third-order valence-electron chi connectivity index (χ3n) is 6.51. The predicted molar refractivity (Wildman–Crippen MR) is 146 cm³/mol. The van der Waals surface area contributed by atoms with E-state index in [1.165, 1.54) is 11.2 Å². The molecule has 1 aliphatic rings. The van der Waals surface area contributed by atoms with Gasteiger partial charge in [0.25, 0.3) is 5.91 Å². The second-order valence-corrected chi connectivity index (χ2v) is 11.4. The number of carbonyl (C=O) groups is 1. The summed E-state index contributed by atoms with van der Waals surface area (Å²) in [6.45, 7) is 7.14. The molecule has 0 saturated heterocycles. The highest BCUT2D eigenvalue weighted by Gasteiger charge is 2.29. The molecule has 35 heavy (non-hydrogen) atoms. The first-order valence-electron chi connectivity index (χ1n) is 12.3. The molecule has 186 valence electrons. The van der Waals surface area contributed by atoms with Crippen LogP contribution in [0.15, 0.2) is 54.3 Å². The molecule has 0 aliphatic carbocycles. The number of anilines is 1. The normalized spacial score (nSPS) is 15.7. The van der Waals surface area contributed by atoms with Crippen molar-refractivity contribution in [2.24, 2.45) is 0 Å². The van der Waals surface area contributed by atoms with Crippen LogP contribution in [-0.4, -0.2) is 69.5 Å². The van der Waals surface area contributed by atoms with Gasteiger partial charge in [0.15, 0.2) is 0 Å². The Balaban J connectivity index is 1.43. The van der Waals surface area contributed by atoms with Gasteiger partial charge in [-0.25, -0.2) is 9.97 Å². The second-order valence-electron chi connectivity index (χ2n) is 9.25. The van der Waals surface area contributed by atoms with Crippen LogP contribution >= 0.6 is 11.3 Å². The molecule has 7 nitrogen and oxygen atoms in total. The van der Waals surface area contributed by atoms with E-state index in [1.54, 1.807) is 17.5 Å². The number of ether oxygens (including phenoxy) is 1. The van der Waals surface area contributed by atoms with Gasteiger partial charge >= 0.3 is 0 Å². The van der Waals surface area contributed by atoms with Crippen molar-refractivity contribution in [3.8, 4) is 5.75 Å². The largest absolute Gasteiger partial charge is 0.495 e. The number of nitrogens with zero attached hydrogens (tertiary/aromatic N) is 4. The third kappa shape index (κ3) is 6.09. The van der Waals surface area contributed by atoms with E-state index >= 15 is 0 Å². The minimum absolute atomic E-state index is 0.0213. The average Bonchev–Trinajstić information content (AvgIpc) is 3.34. The zero-order valence-corrected chi connectivity index (χ0v) is 23.8. The Kier molecular flexibility index (Phi) is 8.53. The van der Waals surface area contributed by atoms with Gasteiger partial charge in [-0.15, -0.1) is 11.3 Å². The molecule has 2 aromatic heterocycles. The molecule has 0 fully saturated rings. The number of hydrogen-bond acceptors (Lipinski definition) is 7. The second kappa shape index (κ2) is 11.8. The number of hydrogen-bond donors (Lipinski definition) is 1. The fourth-order valence-electron chi connectivity index (χ4n) is 4.56. The van der Waals surface area contributed by atoms with Crippen LogP contribution in [0.5, 0.6) is 5.75 Å². The van der Waals surface area contributed by atoms with Gasteiger partial charge in [-0.05, 0) is 63.0 Å².